The van der Waals surface area contributed by atoms with E-state index in [1.807, 2.05) is 6.07 Å². The van der Waals surface area contributed by atoms with Crippen molar-refractivity contribution in [2.45, 2.75) is 38.8 Å². The predicted octanol–water partition coefficient (Wildman–Crippen LogP) is 4.83. The topological polar surface area (TPSA) is 46.6 Å². The monoisotopic (exact) mass is 369 g/mol. The number of halogens is 1. The van der Waals surface area contributed by atoms with Crippen molar-refractivity contribution in [2.24, 2.45) is 0 Å². The Bertz CT molecular complexity index is 821. The van der Waals surface area contributed by atoms with E-state index in [1.54, 1.807) is 54.3 Å². The highest BCUT2D eigenvalue weighted by molar-refractivity contribution is 6.08. The minimum Gasteiger partial charge on any atom is -0.466 e. The van der Waals surface area contributed by atoms with Gasteiger partial charge in [-0.3, -0.25) is 9.59 Å². The summed E-state index contributed by atoms with van der Waals surface area (Å²) < 4.78 is 20.1. The lowest BCUT2D eigenvalue weighted by Crippen LogP contribution is -2.32. The Kier molecular flexibility index (Phi) is 6.22. The smallest absolute Gasteiger partial charge is 0.305 e. The molecule has 0 radical (unpaired) electrons. The number of anilines is 1. The molecule has 1 unspecified atom stereocenters. The molecule has 4 nitrogen and oxygen atoms in total. The number of para-hydroxylation sites is 1. The van der Waals surface area contributed by atoms with Crippen LogP contribution in [0.1, 0.15) is 60.3 Å². The number of ether oxygens (including phenoxy) is 1. The molecule has 0 saturated carbocycles. The highest BCUT2D eigenvalue weighted by Crippen LogP contribution is 2.39. The minimum atomic E-state index is -1.32. The highest BCUT2D eigenvalue weighted by Gasteiger charge is 2.31. The molecule has 0 fully saturated rings. The number of hydrogen-bond donors (Lipinski definition) is 0. The third kappa shape index (κ3) is 4.18. The SMILES string of the molecule is CCOC(=O)CCCCCN1C(=O)c2ccccc2C(F)c2ccccc21. The van der Waals surface area contributed by atoms with Crippen molar-refractivity contribution in [1.29, 1.82) is 0 Å². The Balaban J connectivity index is 1.75. The zero-order chi connectivity index (χ0) is 19.2. The van der Waals surface area contributed by atoms with Gasteiger partial charge in [0.2, 0.25) is 0 Å². The molecule has 0 spiro atoms. The summed E-state index contributed by atoms with van der Waals surface area (Å²) in [6, 6.07) is 14.0. The van der Waals surface area contributed by atoms with Gasteiger partial charge in [-0.25, -0.2) is 4.39 Å². The molecule has 2 aromatic carbocycles. The van der Waals surface area contributed by atoms with Gasteiger partial charge in [0, 0.05) is 29.7 Å². The van der Waals surface area contributed by atoms with Gasteiger partial charge < -0.3 is 9.64 Å². The average molecular weight is 369 g/mol. The molecule has 2 aromatic rings. The molecule has 1 aliphatic rings. The number of rotatable bonds is 7. The van der Waals surface area contributed by atoms with E-state index in [1.165, 1.54) is 0 Å². The van der Waals surface area contributed by atoms with Crippen molar-refractivity contribution in [1.82, 2.24) is 0 Å². The number of hydrogen-bond acceptors (Lipinski definition) is 3. The Morgan fingerprint density at radius 2 is 1.74 bits per heavy atom. The number of esters is 1. The number of fused-ring (bicyclic) bond motifs is 2. The number of unbranched alkanes of at least 4 members (excludes halogenated alkanes) is 2. The van der Waals surface area contributed by atoms with Crippen LogP contribution in [-0.4, -0.2) is 25.0 Å². The fourth-order valence-corrected chi connectivity index (χ4v) is 3.45. The molecular formula is C22H24FNO3. The molecule has 142 valence electrons. The lowest BCUT2D eigenvalue weighted by atomic mass is 9.99. The number of carbonyl (C=O) groups is 2. The second-order valence-corrected chi connectivity index (χ2v) is 6.58. The average Bonchev–Trinajstić information content (AvgIpc) is 2.77. The van der Waals surface area contributed by atoms with Gasteiger partial charge in [0.15, 0.2) is 6.17 Å². The zero-order valence-electron chi connectivity index (χ0n) is 15.5. The normalized spacial score (nSPS) is 15.7. The van der Waals surface area contributed by atoms with Crippen LogP contribution in [0.4, 0.5) is 10.1 Å². The van der Waals surface area contributed by atoms with Crippen LogP contribution in [0.3, 0.4) is 0 Å². The van der Waals surface area contributed by atoms with Crippen LogP contribution in [0.5, 0.6) is 0 Å². The quantitative estimate of drug-likeness (QED) is 0.519. The van der Waals surface area contributed by atoms with E-state index in [4.69, 9.17) is 4.74 Å². The van der Waals surface area contributed by atoms with Gasteiger partial charge >= 0.3 is 5.97 Å². The van der Waals surface area contributed by atoms with Crippen molar-refractivity contribution in [2.75, 3.05) is 18.1 Å². The summed E-state index contributed by atoms with van der Waals surface area (Å²) in [4.78, 5) is 26.2. The molecule has 1 heterocycles. The maximum Gasteiger partial charge on any atom is 0.305 e. The van der Waals surface area contributed by atoms with Crippen molar-refractivity contribution in [3.8, 4) is 0 Å². The van der Waals surface area contributed by atoms with E-state index >= 15 is 4.39 Å². The summed E-state index contributed by atoms with van der Waals surface area (Å²) in [7, 11) is 0. The lowest BCUT2D eigenvalue weighted by Gasteiger charge is -2.23. The lowest BCUT2D eigenvalue weighted by molar-refractivity contribution is -0.143. The largest absolute Gasteiger partial charge is 0.466 e. The van der Waals surface area contributed by atoms with E-state index < -0.39 is 6.17 Å². The molecule has 27 heavy (non-hydrogen) atoms. The van der Waals surface area contributed by atoms with Crippen molar-refractivity contribution < 1.29 is 18.7 Å². The van der Waals surface area contributed by atoms with Crippen LogP contribution < -0.4 is 4.90 Å². The zero-order valence-corrected chi connectivity index (χ0v) is 15.5. The van der Waals surface area contributed by atoms with Crippen LogP contribution in [0, 0.1) is 0 Å². The third-order valence-corrected chi connectivity index (χ3v) is 4.78. The molecule has 1 aliphatic heterocycles. The van der Waals surface area contributed by atoms with Crippen LogP contribution in [0.15, 0.2) is 48.5 Å². The molecule has 1 amide bonds. The Labute approximate surface area is 158 Å². The predicted molar refractivity (Wildman–Crippen MR) is 103 cm³/mol. The summed E-state index contributed by atoms with van der Waals surface area (Å²) in [5.41, 5.74) is 1.96. The van der Waals surface area contributed by atoms with Gasteiger partial charge in [-0.15, -0.1) is 0 Å². The second-order valence-electron chi connectivity index (χ2n) is 6.58. The van der Waals surface area contributed by atoms with E-state index in [0.717, 1.165) is 12.8 Å². The van der Waals surface area contributed by atoms with Gasteiger partial charge in [-0.2, -0.15) is 0 Å². The fourth-order valence-electron chi connectivity index (χ4n) is 3.45. The second kappa shape index (κ2) is 8.80. The van der Waals surface area contributed by atoms with Gasteiger partial charge in [0.05, 0.1) is 12.3 Å². The first-order valence-corrected chi connectivity index (χ1v) is 9.43. The first-order valence-electron chi connectivity index (χ1n) is 9.43. The number of nitrogens with zero attached hydrogens (tertiary/aromatic N) is 1. The van der Waals surface area contributed by atoms with Gasteiger partial charge in [-0.05, 0) is 31.9 Å². The number of amides is 1. The third-order valence-electron chi connectivity index (χ3n) is 4.78. The number of alkyl halides is 1. The van der Waals surface area contributed by atoms with Crippen LogP contribution in [-0.2, 0) is 9.53 Å². The van der Waals surface area contributed by atoms with Crippen LogP contribution >= 0.6 is 0 Å². The molecule has 1 atom stereocenters. The molecule has 5 heteroatoms. The molecule has 3 rings (SSSR count). The van der Waals surface area contributed by atoms with Crippen molar-refractivity contribution >= 4 is 17.6 Å². The van der Waals surface area contributed by atoms with E-state index in [2.05, 4.69) is 0 Å². The van der Waals surface area contributed by atoms with E-state index in [-0.39, 0.29) is 11.9 Å². The standard InChI is InChI=1S/C22H24FNO3/c1-2-27-20(25)14-4-3-9-15-24-19-13-8-7-12-18(19)21(23)16-10-5-6-11-17(16)22(24)26/h5-8,10-13,21H,2-4,9,14-15H2,1H3. The molecule has 0 N–H and O–H groups in total. The molecular weight excluding hydrogens is 345 g/mol. The van der Waals surface area contributed by atoms with Crippen molar-refractivity contribution in [3.05, 3.63) is 65.2 Å². The van der Waals surface area contributed by atoms with Crippen LogP contribution in [0.2, 0.25) is 0 Å². The van der Waals surface area contributed by atoms with Gasteiger partial charge in [-0.1, -0.05) is 42.8 Å². The highest BCUT2D eigenvalue weighted by atomic mass is 19.1. The number of benzene rings is 2. The Morgan fingerprint density at radius 3 is 2.52 bits per heavy atom. The Hall–Kier alpha value is -2.69. The van der Waals surface area contributed by atoms with E-state index in [9.17, 15) is 9.59 Å². The summed E-state index contributed by atoms with van der Waals surface area (Å²) in [5, 5.41) is 0. The van der Waals surface area contributed by atoms with Crippen molar-refractivity contribution in [3.63, 3.8) is 0 Å². The van der Waals surface area contributed by atoms with Crippen LogP contribution in [0.25, 0.3) is 0 Å². The summed E-state index contributed by atoms with van der Waals surface area (Å²) in [6.45, 7) is 2.66. The number of carbonyl (C=O) groups excluding carboxylic acids is 2. The van der Waals surface area contributed by atoms with Gasteiger partial charge in [0.25, 0.3) is 5.91 Å². The molecule has 0 aliphatic carbocycles. The summed E-state index contributed by atoms with van der Waals surface area (Å²) >= 11 is 0. The van der Waals surface area contributed by atoms with E-state index in [0.29, 0.717) is 48.4 Å². The Morgan fingerprint density at radius 1 is 1.04 bits per heavy atom. The van der Waals surface area contributed by atoms with Gasteiger partial charge in [0.1, 0.15) is 0 Å². The molecule has 0 aromatic heterocycles. The summed E-state index contributed by atoms with van der Waals surface area (Å²) in [5.74, 6) is -0.369. The minimum absolute atomic E-state index is 0.177. The first kappa shape index (κ1) is 19.1. The fraction of sp³-hybridized carbons (Fsp3) is 0.364. The maximum absolute atomic E-state index is 15.1. The molecule has 0 saturated heterocycles. The maximum atomic E-state index is 15.1. The molecule has 0 bridgehead atoms. The first-order chi connectivity index (χ1) is 13.1. The summed E-state index contributed by atoms with van der Waals surface area (Å²) in [6.07, 6.45) is 1.30.